The molecule has 2 atom stereocenters. The van der Waals surface area contributed by atoms with Crippen molar-refractivity contribution in [2.45, 2.75) is 64.8 Å². The number of hydrogen-bond donors (Lipinski definition) is 3. The van der Waals surface area contributed by atoms with E-state index in [0.717, 1.165) is 34.2 Å². The van der Waals surface area contributed by atoms with E-state index in [0.29, 0.717) is 30.4 Å². The fourth-order valence-corrected chi connectivity index (χ4v) is 6.71. The van der Waals surface area contributed by atoms with Crippen molar-refractivity contribution >= 4 is 44.5 Å². The van der Waals surface area contributed by atoms with Crippen LogP contribution < -0.4 is 15.8 Å². The lowest BCUT2D eigenvalue weighted by Crippen LogP contribution is -2.66. The number of hydrazine groups is 1. The number of aromatic nitrogens is 1. The van der Waals surface area contributed by atoms with Gasteiger partial charge < -0.3 is 30.7 Å². The number of rotatable bonds is 12. The summed E-state index contributed by atoms with van der Waals surface area (Å²) in [7, 11) is 0. The highest BCUT2D eigenvalue weighted by Crippen LogP contribution is 2.33. The number of carbonyl (C=O) groups is 3. The number of ether oxygens (including phenoxy) is 1. The van der Waals surface area contributed by atoms with Crippen molar-refractivity contribution in [2.75, 3.05) is 38.6 Å². The fourth-order valence-electron chi connectivity index (χ4n) is 5.93. The molecule has 13 heteroatoms. The third-order valence-corrected chi connectivity index (χ3v) is 8.79. The van der Waals surface area contributed by atoms with Gasteiger partial charge in [-0.25, -0.2) is 9.78 Å². The Kier molecular flexibility index (Phi) is 9.87. The van der Waals surface area contributed by atoms with Crippen LogP contribution in [0.15, 0.2) is 42.5 Å². The smallest absolute Gasteiger partial charge is 0.332 e. The minimum atomic E-state index is -0.771. The van der Waals surface area contributed by atoms with Crippen molar-refractivity contribution in [1.82, 2.24) is 30.1 Å². The topological polar surface area (TPSA) is 145 Å². The van der Waals surface area contributed by atoms with Crippen LogP contribution in [0.3, 0.4) is 0 Å². The summed E-state index contributed by atoms with van der Waals surface area (Å²) in [6.45, 7) is 7.06. The van der Waals surface area contributed by atoms with Crippen molar-refractivity contribution < 1.29 is 24.2 Å². The summed E-state index contributed by atoms with van der Waals surface area (Å²) in [6, 6.07) is 11.9. The Bertz CT molecular complexity index is 1480. The van der Waals surface area contributed by atoms with E-state index < -0.39 is 12.2 Å². The molecule has 2 fully saturated rings. The van der Waals surface area contributed by atoms with E-state index in [1.165, 1.54) is 11.3 Å². The van der Waals surface area contributed by atoms with Crippen molar-refractivity contribution in [3.8, 4) is 5.75 Å². The first kappa shape index (κ1) is 31.5. The van der Waals surface area contributed by atoms with Gasteiger partial charge in [0.05, 0.1) is 29.9 Å². The number of amides is 4. The van der Waals surface area contributed by atoms with Crippen LogP contribution in [0.25, 0.3) is 10.2 Å². The maximum atomic E-state index is 14.2. The molecule has 236 valence electrons. The van der Waals surface area contributed by atoms with E-state index in [1.54, 1.807) is 26.9 Å². The summed E-state index contributed by atoms with van der Waals surface area (Å²) in [4.78, 5) is 49.3. The number of hydrogen-bond acceptors (Lipinski definition) is 9. The number of nitrogen functional groups attached to an aromatic ring is 1. The first-order valence-electron chi connectivity index (χ1n) is 15.1. The largest absolute Gasteiger partial charge is 0.491 e. The van der Waals surface area contributed by atoms with Gasteiger partial charge in [0.15, 0.2) is 5.13 Å². The number of aliphatic hydroxyl groups is 1. The number of nitrogens with zero attached hydrogens (tertiary/aromatic N) is 5. The highest BCUT2D eigenvalue weighted by Gasteiger charge is 2.52. The maximum Gasteiger partial charge on any atom is 0.332 e. The van der Waals surface area contributed by atoms with Crippen LogP contribution in [0.5, 0.6) is 5.75 Å². The third-order valence-electron chi connectivity index (χ3n) is 7.94. The average Bonchev–Trinajstić information content (AvgIpc) is 3.53. The summed E-state index contributed by atoms with van der Waals surface area (Å²) < 4.78 is 6.44. The number of para-hydroxylation sites is 1. The van der Waals surface area contributed by atoms with Crippen LogP contribution in [-0.4, -0.2) is 98.9 Å². The minimum Gasteiger partial charge on any atom is -0.491 e. The zero-order valence-corrected chi connectivity index (χ0v) is 26.3. The van der Waals surface area contributed by atoms with Gasteiger partial charge in [-0.15, -0.1) is 0 Å². The Balaban J connectivity index is 1.47. The molecular formula is C31H41N7O5S. The molecule has 1 aromatic heterocycles. The maximum absolute atomic E-state index is 14.2. The van der Waals surface area contributed by atoms with Gasteiger partial charge in [-0.05, 0) is 49.6 Å². The Labute approximate surface area is 261 Å². The molecule has 4 amide bonds. The summed E-state index contributed by atoms with van der Waals surface area (Å²) in [6.07, 6.45) is 1.57. The van der Waals surface area contributed by atoms with E-state index in [4.69, 9.17) is 15.6 Å². The van der Waals surface area contributed by atoms with Gasteiger partial charge in [0.1, 0.15) is 24.6 Å². The van der Waals surface area contributed by atoms with Crippen LogP contribution in [0.1, 0.15) is 44.7 Å². The zero-order valence-electron chi connectivity index (χ0n) is 25.4. The van der Waals surface area contributed by atoms with E-state index >= 15 is 0 Å². The molecule has 44 heavy (non-hydrogen) atoms. The number of thiazole rings is 1. The lowest BCUT2D eigenvalue weighted by Gasteiger charge is -2.47. The molecule has 2 saturated heterocycles. The minimum absolute atomic E-state index is 0.00615. The summed E-state index contributed by atoms with van der Waals surface area (Å²) in [5.74, 6) is 0.246. The molecule has 2 aromatic carbocycles. The van der Waals surface area contributed by atoms with Gasteiger partial charge in [0.2, 0.25) is 11.8 Å². The number of anilines is 1. The van der Waals surface area contributed by atoms with Crippen molar-refractivity contribution in [3.63, 3.8) is 0 Å². The second kappa shape index (κ2) is 13.8. The number of unbranched alkanes of at least 4 members (excludes halogenated alkanes) is 1. The number of piperazine rings is 1. The SMILES string of the molecule is CCCCNC(=O)N(C(C)C)N1CC(=O)N2[C@@H](Cc3ccc(OCCO)cc3)C(=O)N(Cc3cccc4sc(N)nc34)C[C@@H]21. The number of nitrogens with two attached hydrogens (primary N) is 1. The molecule has 0 bridgehead atoms. The summed E-state index contributed by atoms with van der Waals surface area (Å²) >= 11 is 1.40. The first-order chi connectivity index (χ1) is 21.2. The highest BCUT2D eigenvalue weighted by atomic mass is 32.1. The van der Waals surface area contributed by atoms with Crippen LogP contribution in [-0.2, 0) is 22.6 Å². The van der Waals surface area contributed by atoms with Gasteiger partial charge in [0.25, 0.3) is 0 Å². The lowest BCUT2D eigenvalue weighted by atomic mass is 9.99. The summed E-state index contributed by atoms with van der Waals surface area (Å²) in [5, 5.41) is 16.0. The van der Waals surface area contributed by atoms with Crippen molar-refractivity contribution in [1.29, 1.82) is 0 Å². The molecule has 0 saturated carbocycles. The molecule has 4 N–H and O–H groups in total. The number of benzene rings is 2. The molecule has 12 nitrogen and oxygen atoms in total. The first-order valence-corrected chi connectivity index (χ1v) is 15.9. The van der Waals surface area contributed by atoms with Gasteiger partial charge in [-0.3, -0.25) is 14.6 Å². The van der Waals surface area contributed by atoms with E-state index in [1.807, 2.05) is 49.2 Å². The molecule has 0 unspecified atom stereocenters. The molecule has 5 rings (SSSR count). The van der Waals surface area contributed by atoms with E-state index in [2.05, 4.69) is 17.2 Å². The monoisotopic (exact) mass is 623 g/mol. The highest BCUT2D eigenvalue weighted by molar-refractivity contribution is 7.22. The number of urea groups is 1. The summed E-state index contributed by atoms with van der Waals surface area (Å²) in [5.41, 5.74) is 8.51. The van der Waals surface area contributed by atoms with E-state index in [-0.39, 0.29) is 50.2 Å². The van der Waals surface area contributed by atoms with Gasteiger partial charge in [-0.2, -0.15) is 5.01 Å². The number of fused-ring (bicyclic) bond motifs is 2. The average molecular weight is 624 g/mol. The Morgan fingerprint density at radius 2 is 2.00 bits per heavy atom. The molecule has 2 aliphatic rings. The number of nitrogens with one attached hydrogen (secondary N) is 1. The van der Waals surface area contributed by atoms with E-state index in [9.17, 15) is 14.4 Å². The van der Waals surface area contributed by atoms with Gasteiger partial charge in [0, 0.05) is 25.6 Å². The van der Waals surface area contributed by atoms with Gasteiger partial charge >= 0.3 is 6.03 Å². The molecule has 2 aliphatic heterocycles. The second-order valence-corrected chi connectivity index (χ2v) is 12.4. The Morgan fingerprint density at radius 1 is 1.23 bits per heavy atom. The van der Waals surface area contributed by atoms with Crippen molar-refractivity contribution in [2.24, 2.45) is 0 Å². The van der Waals surface area contributed by atoms with Crippen LogP contribution in [0.4, 0.5) is 9.93 Å². The second-order valence-electron chi connectivity index (χ2n) is 11.4. The quantitative estimate of drug-likeness (QED) is 0.261. The lowest BCUT2D eigenvalue weighted by molar-refractivity contribution is -0.158. The Morgan fingerprint density at radius 3 is 2.70 bits per heavy atom. The number of carbonyl (C=O) groups excluding carboxylic acids is 3. The molecule has 0 aliphatic carbocycles. The van der Waals surface area contributed by atoms with Crippen LogP contribution in [0.2, 0.25) is 0 Å². The fraction of sp³-hybridized carbons (Fsp3) is 0.484. The Hall–Kier alpha value is -3.94. The molecule has 3 heterocycles. The third kappa shape index (κ3) is 6.59. The predicted molar refractivity (Wildman–Crippen MR) is 169 cm³/mol. The van der Waals surface area contributed by atoms with Crippen LogP contribution >= 0.6 is 11.3 Å². The van der Waals surface area contributed by atoms with Crippen LogP contribution in [0, 0.1) is 0 Å². The zero-order chi connectivity index (χ0) is 31.4. The normalized spacial score (nSPS) is 18.8. The standard InChI is InChI=1S/C31H41N7O5S/c1-4-5-13-33-31(42)38(20(2)3)36-19-27(40)37-24(16-21-9-11-23(12-10-21)43-15-14-39)29(41)35(18-26(36)37)17-22-7-6-8-25-28(22)34-30(32)44-25/h6-12,20,24,26,39H,4-5,13-19H2,1-3H3,(H2,32,34)(H,33,42)/t24-,26+/m0/s1. The van der Waals surface area contributed by atoms with Crippen molar-refractivity contribution in [3.05, 3.63) is 53.6 Å². The molecule has 3 aromatic rings. The molecule has 0 spiro atoms. The van der Waals surface area contributed by atoms with Gasteiger partial charge in [-0.1, -0.05) is 48.9 Å². The predicted octanol–water partition coefficient (Wildman–Crippen LogP) is 2.81. The number of aliphatic hydroxyl groups excluding tert-OH is 1. The molecule has 0 radical (unpaired) electrons. The molecular weight excluding hydrogens is 582 g/mol.